The highest BCUT2D eigenvalue weighted by molar-refractivity contribution is 7.98. The van der Waals surface area contributed by atoms with E-state index in [2.05, 4.69) is 19.2 Å². The Kier molecular flexibility index (Phi) is 5.19. The molecule has 3 nitrogen and oxygen atoms in total. The van der Waals surface area contributed by atoms with Crippen LogP contribution in [0.3, 0.4) is 0 Å². The summed E-state index contributed by atoms with van der Waals surface area (Å²) in [4.78, 5) is 11.3. The van der Waals surface area contributed by atoms with Crippen LogP contribution in [0.4, 0.5) is 4.79 Å². The third-order valence-electron chi connectivity index (χ3n) is 2.10. The number of carbonyl (C=O) groups is 1. The van der Waals surface area contributed by atoms with Gasteiger partial charge in [0.2, 0.25) is 0 Å². The van der Waals surface area contributed by atoms with E-state index >= 15 is 0 Å². The lowest BCUT2D eigenvalue weighted by Gasteiger charge is -2.09. The second kappa shape index (κ2) is 6.43. The summed E-state index contributed by atoms with van der Waals surface area (Å²) in [7, 11) is 0. The van der Waals surface area contributed by atoms with Crippen LogP contribution in [0.1, 0.15) is 25.3 Å². The summed E-state index contributed by atoms with van der Waals surface area (Å²) in [6.07, 6.45) is 1.51. The number of carbonyl (C=O) groups excluding carboxylic acids is 1. The molecule has 1 amide bonds. The quantitative estimate of drug-likeness (QED) is 0.820. The van der Waals surface area contributed by atoms with E-state index in [0.29, 0.717) is 17.5 Å². The first-order valence-electron chi connectivity index (χ1n) is 5.18. The van der Waals surface area contributed by atoms with Crippen LogP contribution in [0.5, 0.6) is 5.75 Å². The Hall–Kier alpha value is -1.16. The van der Waals surface area contributed by atoms with E-state index in [0.717, 1.165) is 5.56 Å². The molecule has 0 saturated carbocycles. The molecule has 16 heavy (non-hydrogen) atoms. The van der Waals surface area contributed by atoms with Gasteiger partial charge in [0, 0.05) is 0 Å². The van der Waals surface area contributed by atoms with E-state index in [-0.39, 0.29) is 0 Å². The standard InChI is InChI=1S/C12H17NO2S/c1-9(2)10-5-4-6-11(7-10)15-12(14)13-8-16-3/h4-7,9H,8H2,1-3H3,(H,13,14). The van der Waals surface area contributed by atoms with E-state index in [4.69, 9.17) is 4.74 Å². The lowest BCUT2D eigenvalue weighted by molar-refractivity contribution is 0.202. The molecule has 0 aliphatic heterocycles. The molecule has 0 bridgehead atoms. The van der Waals surface area contributed by atoms with E-state index in [1.807, 2.05) is 24.5 Å². The molecule has 0 aromatic heterocycles. The van der Waals surface area contributed by atoms with Crippen LogP contribution in [-0.2, 0) is 0 Å². The van der Waals surface area contributed by atoms with Gasteiger partial charge in [0.1, 0.15) is 5.75 Å². The van der Waals surface area contributed by atoms with Crippen LogP contribution in [-0.4, -0.2) is 18.2 Å². The number of hydrogen-bond donors (Lipinski definition) is 1. The fraction of sp³-hybridized carbons (Fsp3) is 0.417. The molecule has 1 rings (SSSR count). The topological polar surface area (TPSA) is 38.3 Å². The minimum Gasteiger partial charge on any atom is -0.410 e. The van der Waals surface area contributed by atoms with Crippen LogP contribution in [0, 0.1) is 0 Å². The molecule has 0 atom stereocenters. The van der Waals surface area contributed by atoms with Crippen molar-refractivity contribution >= 4 is 17.9 Å². The molecule has 88 valence electrons. The number of nitrogens with one attached hydrogen (secondary N) is 1. The molecular weight excluding hydrogens is 222 g/mol. The fourth-order valence-corrected chi connectivity index (χ4v) is 1.47. The van der Waals surface area contributed by atoms with Crippen molar-refractivity contribution in [3.63, 3.8) is 0 Å². The van der Waals surface area contributed by atoms with Gasteiger partial charge in [-0.3, -0.25) is 0 Å². The van der Waals surface area contributed by atoms with Crippen molar-refractivity contribution in [2.24, 2.45) is 0 Å². The Morgan fingerprint density at radius 2 is 2.25 bits per heavy atom. The first-order valence-corrected chi connectivity index (χ1v) is 6.57. The van der Waals surface area contributed by atoms with Gasteiger partial charge < -0.3 is 10.1 Å². The number of thioether (sulfide) groups is 1. The fourth-order valence-electron chi connectivity index (χ4n) is 1.21. The summed E-state index contributed by atoms with van der Waals surface area (Å²) in [6, 6.07) is 7.59. The Morgan fingerprint density at radius 1 is 1.50 bits per heavy atom. The van der Waals surface area contributed by atoms with E-state index in [9.17, 15) is 4.79 Å². The Labute approximate surface area is 101 Å². The van der Waals surface area contributed by atoms with Gasteiger partial charge in [0.05, 0.1) is 5.88 Å². The van der Waals surface area contributed by atoms with E-state index in [1.165, 1.54) is 11.8 Å². The zero-order chi connectivity index (χ0) is 12.0. The first kappa shape index (κ1) is 12.9. The first-order chi connectivity index (χ1) is 7.63. The average molecular weight is 239 g/mol. The maximum absolute atomic E-state index is 11.3. The van der Waals surface area contributed by atoms with Gasteiger partial charge in [-0.2, -0.15) is 0 Å². The normalized spacial score (nSPS) is 10.2. The number of amides is 1. The molecule has 0 aliphatic carbocycles. The van der Waals surface area contributed by atoms with Crippen LogP contribution >= 0.6 is 11.8 Å². The van der Waals surface area contributed by atoms with Crippen molar-refractivity contribution in [3.05, 3.63) is 29.8 Å². The van der Waals surface area contributed by atoms with E-state index in [1.54, 1.807) is 6.07 Å². The number of hydrogen-bond acceptors (Lipinski definition) is 3. The molecular formula is C12H17NO2S. The van der Waals surface area contributed by atoms with Crippen molar-refractivity contribution in [3.8, 4) is 5.75 Å². The van der Waals surface area contributed by atoms with Crippen LogP contribution in [0.25, 0.3) is 0 Å². The maximum Gasteiger partial charge on any atom is 0.413 e. The van der Waals surface area contributed by atoms with Crippen LogP contribution in [0.2, 0.25) is 0 Å². The summed E-state index contributed by atoms with van der Waals surface area (Å²) < 4.78 is 5.14. The average Bonchev–Trinajstić information content (AvgIpc) is 2.26. The molecule has 0 spiro atoms. The maximum atomic E-state index is 11.3. The second-order valence-electron chi connectivity index (χ2n) is 3.73. The SMILES string of the molecule is CSCNC(=O)Oc1cccc(C(C)C)c1. The third-order valence-corrected chi connectivity index (χ3v) is 2.53. The zero-order valence-corrected chi connectivity index (χ0v) is 10.6. The number of rotatable bonds is 4. The Balaban J connectivity index is 2.59. The summed E-state index contributed by atoms with van der Waals surface area (Å²) in [6.45, 7) is 4.21. The minimum absolute atomic E-state index is 0.407. The van der Waals surface area contributed by atoms with Gasteiger partial charge >= 0.3 is 6.09 Å². The lowest BCUT2D eigenvalue weighted by Crippen LogP contribution is -2.26. The molecule has 0 fully saturated rings. The highest BCUT2D eigenvalue weighted by atomic mass is 32.2. The molecule has 0 aliphatic rings. The summed E-state index contributed by atoms with van der Waals surface area (Å²) in [5.74, 6) is 1.57. The monoisotopic (exact) mass is 239 g/mol. The smallest absolute Gasteiger partial charge is 0.410 e. The van der Waals surface area contributed by atoms with Crippen molar-refractivity contribution in [1.82, 2.24) is 5.32 Å². The second-order valence-corrected chi connectivity index (χ2v) is 4.59. The molecule has 0 heterocycles. The Bertz CT molecular complexity index is 353. The largest absolute Gasteiger partial charge is 0.413 e. The molecule has 0 unspecified atom stereocenters. The van der Waals surface area contributed by atoms with E-state index < -0.39 is 6.09 Å². The lowest BCUT2D eigenvalue weighted by atomic mass is 10.0. The predicted molar refractivity (Wildman–Crippen MR) is 68.1 cm³/mol. The number of ether oxygens (including phenoxy) is 1. The van der Waals surface area contributed by atoms with Gasteiger partial charge in [-0.25, -0.2) is 4.79 Å². The molecule has 0 radical (unpaired) electrons. The predicted octanol–water partition coefficient (Wildman–Crippen LogP) is 3.22. The highest BCUT2D eigenvalue weighted by Crippen LogP contribution is 2.20. The van der Waals surface area contributed by atoms with Gasteiger partial charge in [-0.15, -0.1) is 11.8 Å². The van der Waals surface area contributed by atoms with Gasteiger partial charge in [-0.1, -0.05) is 26.0 Å². The minimum atomic E-state index is -0.407. The summed E-state index contributed by atoms with van der Waals surface area (Å²) in [5, 5.41) is 2.63. The van der Waals surface area contributed by atoms with Gasteiger partial charge in [0.25, 0.3) is 0 Å². The van der Waals surface area contributed by atoms with Crippen molar-refractivity contribution in [2.75, 3.05) is 12.1 Å². The van der Waals surface area contributed by atoms with Gasteiger partial charge in [-0.05, 0) is 29.9 Å². The van der Waals surface area contributed by atoms with Crippen LogP contribution in [0.15, 0.2) is 24.3 Å². The zero-order valence-electron chi connectivity index (χ0n) is 9.82. The van der Waals surface area contributed by atoms with Crippen molar-refractivity contribution in [1.29, 1.82) is 0 Å². The van der Waals surface area contributed by atoms with Crippen molar-refractivity contribution in [2.45, 2.75) is 19.8 Å². The van der Waals surface area contributed by atoms with Crippen LogP contribution < -0.4 is 10.1 Å². The summed E-state index contributed by atoms with van der Waals surface area (Å²) in [5.41, 5.74) is 1.16. The molecule has 4 heteroatoms. The third kappa shape index (κ3) is 4.14. The molecule has 0 saturated heterocycles. The Morgan fingerprint density at radius 3 is 2.88 bits per heavy atom. The molecule has 1 aromatic rings. The molecule has 1 aromatic carbocycles. The van der Waals surface area contributed by atoms with Crippen molar-refractivity contribution < 1.29 is 9.53 Å². The molecule has 1 N–H and O–H groups in total. The number of benzene rings is 1. The highest BCUT2D eigenvalue weighted by Gasteiger charge is 2.05. The summed E-state index contributed by atoms with van der Waals surface area (Å²) >= 11 is 1.54. The van der Waals surface area contributed by atoms with Gasteiger partial charge in [0.15, 0.2) is 0 Å².